The van der Waals surface area contributed by atoms with Crippen LogP contribution in [0.1, 0.15) is 44.6 Å². The van der Waals surface area contributed by atoms with E-state index in [9.17, 15) is 4.79 Å². The summed E-state index contributed by atoms with van der Waals surface area (Å²) in [6.07, 6.45) is 5.93. The zero-order valence-electron chi connectivity index (χ0n) is 19.3. The van der Waals surface area contributed by atoms with Crippen LogP contribution in [0.15, 0.2) is 18.2 Å². The zero-order valence-corrected chi connectivity index (χ0v) is 20.1. The van der Waals surface area contributed by atoms with Crippen LogP contribution in [0.25, 0.3) is 0 Å². The molecule has 1 aromatic carbocycles. The van der Waals surface area contributed by atoms with Crippen LogP contribution in [0.5, 0.6) is 0 Å². The van der Waals surface area contributed by atoms with Gasteiger partial charge in [-0.3, -0.25) is 9.69 Å². The minimum Gasteiger partial charge on any atom is -0.462 e. The maximum Gasteiger partial charge on any atom is 0.310 e. The Morgan fingerprint density at radius 3 is 2.72 bits per heavy atom. The van der Waals surface area contributed by atoms with Gasteiger partial charge >= 0.3 is 5.97 Å². The van der Waals surface area contributed by atoms with E-state index >= 15 is 0 Å². The molecule has 3 saturated heterocycles. The number of rotatable bonds is 3. The number of esters is 1. The Hall–Kier alpha value is -1.30. The lowest BCUT2D eigenvalue weighted by Crippen LogP contribution is -2.52. The van der Waals surface area contributed by atoms with Gasteiger partial charge in [0.25, 0.3) is 0 Å². The molecule has 174 valence electrons. The quantitative estimate of drug-likeness (QED) is 0.499. The molecule has 5 nitrogen and oxygen atoms in total. The molecular formula is C26H35ClN2O3. The largest absolute Gasteiger partial charge is 0.462 e. The van der Waals surface area contributed by atoms with E-state index in [1.165, 1.54) is 30.5 Å². The minimum atomic E-state index is 0.0155. The van der Waals surface area contributed by atoms with Crippen LogP contribution < -0.4 is 4.90 Å². The lowest BCUT2D eigenvalue weighted by atomic mass is 9.53. The highest BCUT2D eigenvalue weighted by molar-refractivity contribution is 6.30. The average molecular weight is 459 g/mol. The van der Waals surface area contributed by atoms with Gasteiger partial charge in [-0.2, -0.15) is 0 Å². The summed E-state index contributed by atoms with van der Waals surface area (Å²) in [5, 5.41) is 0.789. The van der Waals surface area contributed by atoms with E-state index in [4.69, 9.17) is 21.1 Å². The molecule has 0 bridgehead atoms. The van der Waals surface area contributed by atoms with Crippen LogP contribution in [-0.2, 0) is 14.3 Å². The highest BCUT2D eigenvalue weighted by atomic mass is 35.5. The molecule has 0 radical (unpaired) electrons. The second kappa shape index (κ2) is 7.61. The molecule has 0 aromatic heterocycles. The van der Waals surface area contributed by atoms with Gasteiger partial charge in [-0.25, -0.2) is 0 Å². The van der Waals surface area contributed by atoms with E-state index in [2.05, 4.69) is 35.8 Å². The molecule has 6 atom stereocenters. The van der Waals surface area contributed by atoms with Crippen LogP contribution in [0.2, 0.25) is 5.02 Å². The molecule has 3 heterocycles. The number of halogens is 1. The molecule has 0 amide bonds. The Labute approximate surface area is 196 Å². The molecule has 3 aliphatic heterocycles. The van der Waals surface area contributed by atoms with E-state index in [1.807, 2.05) is 6.07 Å². The lowest BCUT2D eigenvalue weighted by Gasteiger charge is -2.51. The number of carbonyl (C=O) groups excluding carboxylic acids is 1. The summed E-state index contributed by atoms with van der Waals surface area (Å²) in [7, 11) is 0. The summed E-state index contributed by atoms with van der Waals surface area (Å²) in [5.74, 6) is 1.00. The van der Waals surface area contributed by atoms with Crippen LogP contribution in [0.4, 0.5) is 5.69 Å². The van der Waals surface area contributed by atoms with Gasteiger partial charge in [0.1, 0.15) is 6.10 Å². The van der Waals surface area contributed by atoms with Crippen LogP contribution in [0.3, 0.4) is 0 Å². The molecule has 1 spiro atoms. The number of carbonyl (C=O) groups is 1. The number of hydrogen-bond donors (Lipinski definition) is 0. The summed E-state index contributed by atoms with van der Waals surface area (Å²) in [5.41, 5.74) is 2.88. The first-order chi connectivity index (χ1) is 15.4. The second-order valence-corrected chi connectivity index (χ2v) is 11.8. The van der Waals surface area contributed by atoms with Crippen molar-refractivity contribution in [2.75, 3.05) is 44.2 Å². The molecule has 5 aliphatic rings. The fourth-order valence-electron chi connectivity index (χ4n) is 7.54. The van der Waals surface area contributed by atoms with Crippen molar-refractivity contribution in [3.05, 3.63) is 28.8 Å². The maximum absolute atomic E-state index is 13.0. The number of anilines is 1. The number of ether oxygens (including phenoxy) is 2. The van der Waals surface area contributed by atoms with Crippen molar-refractivity contribution in [3.8, 4) is 0 Å². The number of piperazine rings is 1. The fraction of sp³-hybridized carbons (Fsp3) is 0.731. The fourth-order valence-corrected chi connectivity index (χ4v) is 7.70. The molecule has 2 aliphatic carbocycles. The number of hydrogen-bond acceptors (Lipinski definition) is 5. The van der Waals surface area contributed by atoms with E-state index in [-0.39, 0.29) is 29.0 Å². The smallest absolute Gasteiger partial charge is 0.310 e. The monoisotopic (exact) mass is 458 g/mol. The Balaban J connectivity index is 1.12. The van der Waals surface area contributed by atoms with Crippen molar-refractivity contribution in [3.63, 3.8) is 0 Å². The van der Waals surface area contributed by atoms with Gasteiger partial charge in [-0.1, -0.05) is 24.6 Å². The molecule has 0 unspecified atom stereocenters. The first-order valence-corrected chi connectivity index (χ1v) is 12.8. The van der Waals surface area contributed by atoms with Crippen molar-refractivity contribution in [1.82, 2.24) is 4.90 Å². The van der Waals surface area contributed by atoms with Gasteiger partial charge in [0, 0.05) is 49.4 Å². The molecule has 5 fully saturated rings. The van der Waals surface area contributed by atoms with Crippen molar-refractivity contribution in [1.29, 1.82) is 0 Å². The normalized spacial score (nSPS) is 41.3. The lowest BCUT2D eigenvalue weighted by molar-refractivity contribution is -0.147. The predicted octanol–water partition coefficient (Wildman–Crippen LogP) is 4.30. The number of aryl methyl sites for hydroxylation is 1. The molecule has 0 N–H and O–H groups in total. The summed E-state index contributed by atoms with van der Waals surface area (Å²) in [6.45, 7) is 10.2. The highest BCUT2D eigenvalue weighted by Gasteiger charge is 2.65. The Morgan fingerprint density at radius 1 is 1.19 bits per heavy atom. The van der Waals surface area contributed by atoms with E-state index in [1.54, 1.807) is 0 Å². The Morgan fingerprint density at radius 2 is 1.97 bits per heavy atom. The SMILES string of the molecule is Cc1ccc(Cl)cc1N1CCN(C[C@@H]2C(=O)O[C@@H]3C[C@@]4(C)CCC[C@@]5(CO5)[C@@H]4C[C@H]23)CC1. The van der Waals surface area contributed by atoms with E-state index in [0.29, 0.717) is 11.8 Å². The number of nitrogens with zero attached hydrogens (tertiary/aromatic N) is 2. The topological polar surface area (TPSA) is 45.3 Å². The van der Waals surface area contributed by atoms with Gasteiger partial charge in [0.05, 0.1) is 18.1 Å². The molecule has 6 rings (SSSR count). The van der Waals surface area contributed by atoms with Crippen molar-refractivity contribution in [2.24, 2.45) is 23.2 Å². The Kier molecular flexibility index (Phi) is 5.05. The molecule has 32 heavy (non-hydrogen) atoms. The van der Waals surface area contributed by atoms with Crippen molar-refractivity contribution in [2.45, 2.75) is 57.7 Å². The van der Waals surface area contributed by atoms with Gasteiger partial charge in [0.2, 0.25) is 0 Å². The minimum absolute atomic E-state index is 0.0155. The highest BCUT2D eigenvalue weighted by Crippen LogP contribution is 2.62. The number of epoxide rings is 1. The first-order valence-electron chi connectivity index (χ1n) is 12.4. The summed E-state index contributed by atoms with van der Waals surface area (Å²) in [4.78, 5) is 17.9. The van der Waals surface area contributed by atoms with Crippen LogP contribution >= 0.6 is 11.6 Å². The third-order valence-corrected chi connectivity index (χ3v) is 9.65. The summed E-state index contributed by atoms with van der Waals surface area (Å²) < 4.78 is 12.1. The summed E-state index contributed by atoms with van der Waals surface area (Å²) in [6, 6.07) is 6.12. The number of fused-ring (bicyclic) bond motifs is 3. The van der Waals surface area contributed by atoms with E-state index < -0.39 is 0 Å². The van der Waals surface area contributed by atoms with Crippen LogP contribution in [0, 0.1) is 30.1 Å². The summed E-state index contributed by atoms with van der Waals surface area (Å²) >= 11 is 6.24. The second-order valence-electron chi connectivity index (χ2n) is 11.3. The Bertz CT molecular complexity index is 910. The molecule has 1 aromatic rings. The van der Waals surface area contributed by atoms with Gasteiger partial charge in [0.15, 0.2) is 0 Å². The van der Waals surface area contributed by atoms with E-state index in [0.717, 1.165) is 57.2 Å². The van der Waals surface area contributed by atoms with Gasteiger partial charge in [-0.05, 0) is 68.1 Å². The third-order valence-electron chi connectivity index (χ3n) is 9.42. The van der Waals surface area contributed by atoms with Gasteiger partial charge in [-0.15, -0.1) is 0 Å². The molecule has 6 heteroatoms. The average Bonchev–Trinajstić information content (AvgIpc) is 3.47. The first kappa shape index (κ1) is 21.2. The van der Waals surface area contributed by atoms with Crippen LogP contribution in [-0.4, -0.2) is 61.9 Å². The number of benzene rings is 1. The maximum atomic E-state index is 13.0. The predicted molar refractivity (Wildman–Crippen MR) is 125 cm³/mol. The molecule has 2 saturated carbocycles. The zero-order chi connectivity index (χ0) is 22.1. The standard InChI is InChI=1S/C26H35ClN2O3/c1-17-4-5-18(27)12-21(17)29-10-8-28(9-11-29)15-20-19-13-23-25(2,14-22(19)32-24(20)30)6-3-7-26(23)16-31-26/h4-5,12,19-20,22-23H,3,6-11,13-16H2,1-2H3/t19-,20+,22-,23-,25-,26-/m1/s1. The van der Waals surface area contributed by atoms with Crippen molar-refractivity contribution < 1.29 is 14.3 Å². The van der Waals surface area contributed by atoms with Crippen molar-refractivity contribution >= 4 is 23.3 Å². The van der Waals surface area contributed by atoms with Gasteiger partial charge < -0.3 is 14.4 Å². The third kappa shape index (κ3) is 3.47. The molecular weight excluding hydrogens is 424 g/mol.